The second-order valence-corrected chi connectivity index (χ2v) is 5.53. The zero-order chi connectivity index (χ0) is 17.5. The Hall–Kier alpha value is -2.46. The van der Waals surface area contributed by atoms with Crippen LogP contribution >= 0.6 is 0 Å². The Bertz CT molecular complexity index is 598. The van der Waals surface area contributed by atoms with Crippen molar-refractivity contribution in [3.05, 3.63) is 32.6 Å². The molecule has 0 spiro atoms. The van der Waals surface area contributed by atoms with Crippen LogP contribution in [-0.4, -0.2) is 75.5 Å². The highest BCUT2D eigenvalue weighted by Gasteiger charge is 2.17. The van der Waals surface area contributed by atoms with Crippen molar-refractivity contribution in [2.75, 3.05) is 27.7 Å². The molecule has 1 aromatic rings. The van der Waals surface area contributed by atoms with Gasteiger partial charge in [0.1, 0.15) is 18.3 Å². The second kappa shape index (κ2) is 8.10. The predicted molar refractivity (Wildman–Crippen MR) is 75.8 cm³/mol. The van der Waals surface area contributed by atoms with Crippen LogP contribution in [0.5, 0.6) is 0 Å². The minimum absolute atomic E-state index is 0.171. The van der Waals surface area contributed by atoms with Gasteiger partial charge < -0.3 is 24.8 Å². The number of aliphatic carboxylic acids is 1. The van der Waals surface area contributed by atoms with Crippen LogP contribution in [0.3, 0.4) is 0 Å². The van der Waals surface area contributed by atoms with Gasteiger partial charge in [0.15, 0.2) is 0 Å². The van der Waals surface area contributed by atoms with E-state index >= 15 is 0 Å². The minimum atomic E-state index is -1.34. The lowest BCUT2D eigenvalue weighted by molar-refractivity contribution is -0.873. The first-order valence-electron chi connectivity index (χ1n) is 6.18. The molecule has 0 radical (unpaired) electrons. The molecule has 0 aromatic carbocycles. The monoisotopic (exact) mass is 318 g/mol. The largest absolute Gasteiger partial charge is 0.481 e. The van der Waals surface area contributed by atoms with E-state index in [9.17, 15) is 19.2 Å². The number of quaternary nitrogens is 1. The predicted octanol–water partition coefficient (Wildman–Crippen LogP) is -1.71. The number of aromatic carboxylic acids is 1. The Balaban J connectivity index is 0.000000401. The standard InChI is InChI=1S/C7H15NO3.C5H4N2O4/c1-8(2,3)5-6(9)4-7(10)11;8-3-1-2(4(9)10)6-5(11)7-3/h6,9H,4-5H2,1-3H3;1H,(H,9,10)(H2,6,7,8,11)/p+1/t6-;/m1./s1. The van der Waals surface area contributed by atoms with Crippen molar-refractivity contribution in [2.24, 2.45) is 0 Å². The number of aliphatic hydroxyl groups excluding tert-OH is 1. The van der Waals surface area contributed by atoms with Gasteiger partial charge in [0.25, 0.3) is 5.56 Å². The van der Waals surface area contributed by atoms with Gasteiger partial charge in [-0.1, -0.05) is 0 Å². The van der Waals surface area contributed by atoms with Crippen molar-refractivity contribution < 1.29 is 29.4 Å². The molecule has 22 heavy (non-hydrogen) atoms. The third-order valence-corrected chi connectivity index (χ3v) is 2.16. The van der Waals surface area contributed by atoms with Crippen LogP contribution in [0.15, 0.2) is 15.7 Å². The van der Waals surface area contributed by atoms with Crippen molar-refractivity contribution in [1.82, 2.24) is 9.97 Å². The molecule has 0 aliphatic heterocycles. The Morgan fingerprint density at radius 1 is 1.18 bits per heavy atom. The number of aliphatic hydroxyl groups is 1. The molecule has 1 aromatic heterocycles. The van der Waals surface area contributed by atoms with Crippen LogP contribution in [-0.2, 0) is 4.79 Å². The Kier molecular flexibility index (Phi) is 7.19. The number of carboxylic acids is 2. The van der Waals surface area contributed by atoms with Gasteiger partial charge in [-0.25, -0.2) is 9.59 Å². The fourth-order valence-electron chi connectivity index (χ4n) is 1.48. The van der Waals surface area contributed by atoms with Crippen molar-refractivity contribution >= 4 is 11.9 Å². The molecule has 0 aliphatic rings. The van der Waals surface area contributed by atoms with Crippen molar-refractivity contribution in [2.45, 2.75) is 12.5 Å². The first kappa shape index (κ1) is 19.5. The van der Waals surface area contributed by atoms with E-state index in [-0.39, 0.29) is 6.42 Å². The SMILES string of the molecule is C[N+](C)(C)C[C@H](O)CC(=O)O.O=C(O)c1cc(=O)[nH]c(=O)[nH]1. The van der Waals surface area contributed by atoms with Gasteiger partial charge in [0.05, 0.1) is 27.6 Å². The van der Waals surface area contributed by atoms with Crippen molar-refractivity contribution in [1.29, 1.82) is 0 Å². The molecular weight excluding hydrogens is 298 g/mol. The number of rotatable bonds is 5. The average molecular weight is 318 g/mol. The van der Waals surface area contributed by atoms with E-state index in [0.717, 1.165) is 6.07 Å². The summed E-state index contributed by atoms with van der Waals surface area (Å²) in [5.41, 5.74) is -1.97. The van der Waals surface area contributed by atoms with E-state index in [1.54, 1.807) is 0 Å². The molecular formula is C12H20N3O7+. The first-order valence-corrected chi connectivity index (χ1v) is 6.18. The molecule has 124 valence electrons. The van der Waals surface area contributed by atoms with Gasteiger partial charge in [0.2, 0.25) is 0 Å². The average Bonchev–Trinajstić information content (AvgIpc) is 2.24. The van der Waals surface area contributed by atoms with E-state index in [1.807, 2.05) is 31.1 Å². The summed E-state index contributed by atoms with van der Waals surface area (Å²) < 4.78 is 0.578. The lowest BCUT2D eigenvalue weighted by Gasteiger charge is -2.25. The van der Waals surface area contributed by atoms with Gasteiger partial charge in [0, 0.05) is 6.07 Å². The molecule has 0 aliphatic carbocycles. The highest BCUT2D eigenvalue weighted by atomic mass is 16.4. The van der Waals surface area contributed by atoms with E-state index in [1.165, 1.54) is 0 Å². The third kappa shape index (κ3) is 9.44. The van der Waals surface area contributed by atoms with Gasteiger partial charge in [-0.05, 0) is 0 Å². The van der Waals surface area contributed by atoms with Crippen LogP contribution in [0.4, 0.5) is 0 Å². The number of hydrogen-bond donors (Lipinski definition) is 5. The minimum Gasteiger partial charge on any atom is -0.481 e. The van der Waals surface area contributed by atoms with Gasteiger partial charge in [-0.2, -0.15) is 0 Å². The van der Waals surface area contributed by atoms with Crippen molar-refractivity contribution in [3.63, 3.8) is 0 Å². The summed E-state index contributed by atoms with van der Waals surface area (Å²) >= 11 is 0. The number of aromatic nitrogens is 2. The summed E-state index contributed by atoms with van der Waals surface area (Å²) in [6, 6.07) is 0.795. The Labute approximate surface area is 125 Å². The highest BCUT2D eigenvalue weighted by Crippen LogP contribution is 1.98. The number of hydrogen-bond acceptors (Lipinski definition) is 5. The lowest BCUT2D eigenvalue weighted by atomic mass is 10.2. The number of carboxylic acid groups (broad SMARTS) is 2. The molecule has 10 nitrogen and oxygen atoms in total. The molecule has 0 unspecified atom stereocenters. The van der Waals surface area contributed by atoms with Crippen molar-refractivity contribution in [3.8, 4) is 0 Å². The number of aromatic amines is 2. The number of nitrogens with zero attached hydrogens (tertiary/aromatic N) is 1. The van der Waals surface area contributed by atoms with Crippen LogP contribution in [0.25, 0.3) is 0 Å². The molecule has 0 bridgehead atoms. The fraction of sp³-hybridized carbons (Fsp3) is 0.500. The maximum atomic E-state index is 10.5. The summed E-state index contributed by atoms with van der Waals surface area (Å²) in [6.45, 7) is 0.465. The number of H-pyrrole nitrogens is 2. The Morgan fingerprint density at radius 3 is 2.09 bits per heavy atom. The smallest absolute Gasteiger partial charge is 0.352 e. The summed E-state index contributed by atoms with van der Waals surface area (Å²) in [5, 5.41) is 25.8. The molecule has 5 N–H and O–H groups in total. The van der Waals surface area contributed by atoms with E-state index in [2.05, 4.69) is 0 Å². The molecule has 0 saturated heterocycles. The van der Waals surface area contributed by atoms with Crippen LogP contribution in [0, 0.1) is 0 Å². The van der Waals surface area contributed by atoms with Crippen LogP contribution in [0.1, 0.15) is 16.9 Å². The quantitative estimate of drug-likeness (QED) is 0.404. The highest BCUT2D eigenvalue weighted by molar-refractivity contribution is 5.84. The van der Waals surface area contributed by atoms with Gasteiger partial charge in [-0.3, -0.25) is 14.6 Å². The van der Waals surface area contributed by atoms with Gasteiger partial charge >= 0.3 is 17.6 Å². The van der Waals surface area contributed by atoms with Gasteiger partial charge in [-0.15, -0.1) is 0 Å². The molecule has 1 rings (SSSR count). The molecule has 0 fully saturated rings. The maximum absolute atomic E-state index is 10.5. The molecule has 1 atom stereocenters. The maximum Gasteiger partial charge on any atom is 0.352 e. The first-order chi connectivity index (χ1) is 9.90. The molecule has 1 heterocycles. The van der Waals surface area contributed by atoms with Crippen LogP contribution in [0.2, 0.25) is 0 Å². The normalized spacial score (nSPS) is 12.0. The fourth-order valence-corrected chi connectivity index (χ4v) is 1.48. The zero-order valence-corrected chi connectivity index (χ0v) is 12.5. The topological polar surface area (TPSA) is 161 Å². The van der Waals surface area contributed by atoms with E-state index in [0.29, 0.717) is 11.0 Å². The summed E-state index contributed by atoms with van der Waals surface area (Å²) in [7, 11) is 5.72. The van der Waals surface area contributed by atoms with E-state index < -0.39 is 35.0 Å². The third-order valence-electron chi connectivity index (χ3n) is 2.16. The molecule has 10 heteroatoms. The summed E-state index contributed by atoms with van der Waals surface area (Å²) in [6.07, 6.45) is -0.914. The number of carbonyl (C=O) groups is 2. The summed E-state index contributed by atoms with van der Waals surface area (Å²) in [5.74, 6) is -2.29. The summed E-state index contributed by atoms with van der Waals surface area (Å²) in [4.78, 5) is 45.0. The zero-order valence-electron chi connectivity index (χ0n) is 12.5. The van der Waals surface area contributed by atoms with Crippen LogP contribution < -0.4 is 11.2 Å². The number of likely N-dealkylation sites (N-methyl/N-ethyl adjacent to an activating group) is 1. The second-order valence-electron chi connectivity index (χ2n) is 5.53. The van der Waals surface area contributed by atoms with E-state index in [4.69, 9.17) is 15.3 Å². The molecule has 0 amide bonds. The molecule has 0 saturated carbocycles. The number of nitrogens with one attached hydrogen (secondary N) is 2. The lowest BCUT2D eigenvalue weighted by Crippen LogP contribution is -2.42. The Morgan fingerprint density at radius 2 is 1.73 bits per heavy atom.